The normalized spacial score (nSPS) is 19.7. The number of benzene rings is 5. The van der Waals surface area contributed by atoms with Gasteiger partial charge < -0.3 is 9.80 Å². The topological polar surface area (TPSA) is 6.48 Å². The first-order chi connectivity index (χ1) is 25.3. The molecule has 0 saturated carbocycles. The van der Waals surface area contributed by atoms with Crippen LogP contribution in [0.15, 0.2) is 91.0 Å². The first kappa shape index (κ1) is 35.5. The van der Waals surface area contributed by atoms with Gasteiger partial charge in [0.05, 0.1) is 0 Å². The van der Waals surface area contributed by atoms with Gasteiger partial charge in [-0.15, -0.1) is 0 Å². The summed E-state index contributed by atoms with van der Waals surface area (Å²) in [5.74, 6) is 0. The molecule has 4 aliphatic rings. The highest BCUT2D eigenvalue weighted by molar-refractivity contribution is 7.00. The lowest BCUT2D eigenvalue weighted by molar-refractivity contribution is 0.332. The van der Waals surface area contributed by atoms with Gasteiger partial charge in [-0.3, -0.25) is 0 Å². The van der Waals surface area contributed by atoms with E-state index in [0.717, 1.165) is 0 Å². The molecule has 2 aliphatic carbocycles. The van der Waals surface area contributed by atoms with Crippen LogP contribution in [0.2, 0.25) is 0 Å². The smallest absolute Gasteiger partial charge is 0.252 e. The second-order valence-corrected chi connectivity index (χ2v) is 20.9. The van der Waals surface area contributed by atoms with Gasteiger partial charge in [0.2, 0.25) is 0 Å². The third-order valence-corrected chi connectivity index (χ3v) is 14.2. The monoisotopic (exact) mass is 710 g/mol. The molecule has 0 N–H and O–H groups in total. The van der Waals surface area contributed by atoms with Crippen molar-refractivity contribution in [3.8, 4) is 0 Å². The van der Waals surface area contributed by atoms with Crippen LogP contribution in [0, 0.1) is 6.92 Å². The molecule has 0 atom stereocenters. The van der Waals surface area contributed by atoms with Crippen molar-refractivity contribution in [3.63, 3.8) is 0 Å². The van der Waals surface area contributed by atoms with Gasteiger partial charge in [0.1, 0.15) is 0 Å². The van der Waals surface area contributed by atoms with E-state index in [2.05, 4.69) is 184 Å². The van der Waals surface area contributed by atoms with E-state index in [0.29, 0.717) is 0 Å². The Bertz CT molecular complexity index is 2350. The van der Waals surface area contributed by atoms with E-state index in [1.54, 1.807) is 0 Å². The van der Waals surface area contributed by atoms with Crippen molar-refractivity contribution >= 4 is 57.2 Å². The molecule has 0 bridgehead atoms. The zero-order chi connectivity index (χ0) is 38.3. The van der Waals surface area contributed by atoms with Crippen LogP contribution in [0.3, 0.4) is 0 Å². The van der Waals surface area contributed by atoms with Crippen LogP contribution in [0.1, 0.15) is 135 Å². The molecule has 0 aromatic heterocycles. The molecule has 2 heterocycles. The van der Waals surface area contributed by atoms with Crippen LogP contribution in [0.5, 0.6) is 0 Å². The molecule has 9 rings (SSSR count). The summed E-state index contributed by atoms with van der Waals surface area (Å²) in [6.45, 7) is 29.0. The van der Waals surface area contributed by atoms with Crippen LogP contribution < -0.4 is 26.2 Å². The fourth-order valence-corrected chi connectivity index (χ4v) is 10.5. The SMILES string of the molecule is Cc1ccc2c(c1)B1c3cc4c(cc3N(c3ccc5c(c3)C(C)(C)CCC5(C)C)c3cccc(c31)N2c1ccc(C(C)(C)C)cc1)C(C)(C)CCC4(C)C. The lowest BCUT2D eigenvalue weighted by atomic mass is 9.33. The van der Waals surface area contributed by atoms with E-state index in [4.69, 9.17) is 0 Å². The Labute approximate surface area is 326 Å². The highest BCUT2D eigenvalue weighted by atomic mass is 15.2. The minimum Gasteiger partial charge on any atom is -0.311 e. The van der Waals surface area contributed by atoms with Crippen molar-refractivity contribution in [3.05, 3.63) is 124 Å². The molecule has 2 nitrogen and oxygen atoms in total. The maximum absolute atomic E-state index is 2.66. The highest BCUT2D eigenvalue weighted by Crippen LogP contribution is 2.52. The summed E-state index contributed by atoms with van der Waals surface area (Å²) in [7, 11) is 0. The van der Waals surface area contributed by atoms with Crippen molar-refractivity contribution < 1.29 is 0 Å². The van der Waals surface area contributed by atoms with Gasteiger partial charge in [0.25, 0.3) is 6.71 Å². The minimum atomic E-state index is 0.0941. The second kappa shape index (κ2) is 11.4. The van der Waals surface area contributed by atoms with E-state index >= 15 is 0 Å². The number of aryl methyl sites for hydroxylation is 1. The highest BCUT2D eigenvalue weighted by Gasteiger charge is 2.47. The number of nitrogens with zero attached hydrogens (tertiary/aromatic N) is 2. The Hall–Kier alpha value is -4.24. The standard InChI is InChI=1S/C51H59BN2/c1-32-16-23-42-40(28-32)52-41-30-38-39(51(11,12)27-26-50(38,9)10)31-45(41)54(35-21-22-36-37(29-35)49(7,8)25-24-48(36,5)6)44-15-13-14-43(46(44)52)53(42)34-19-17-33(18-20-34)47(2,3)4/h13-23,28-31H,24-27H2,1-12H3. The first-order valence-electron chi connectivity index (χ1n) is 20.6. The molecule has 2 aliphatic heterocycles. The van der Waals surface area contributed by atoms with Crippen LogP contribution in [-0.2, 0) is 27.1 Å². The van der Waals surface area contributed by atoms with Crippen molar-refractivity contribution in [1.29, 1.82) is 0 Å². The van der Waals surface area contributed by atoms with Gasteiger partial charge in [-0.2, -0.15) is 0 Å². The Morgan fingerprint density at radius 2 is 0.981 bits per heavy atom. The lowest BCUT2D eigenvalue weighted by Gasteiger charge is -2.48. The maximum atomic E-state index is 2.66. The molecule has 0 spiro atoms. The number of fused-ring (bicyclic) bond motifs is 6. The van der Waals surface area contributed by atoms with E-state index in [-0.39, 0.29) is 33.8 Å². The van der Waals surface area contributed by atoms with Gasteiger partial charge in [-0.25, -0.2) is 0 Å². The zero-order valence-corrected chi connectivity index (χ0v) is 35.0. The predicted octanol–water partition coefficient (Wildman–Crippen LogP) is 12.1. The summed E-state index contributed by atoms with van der Waals surface area (Å²) in [4.78, 5) is 5.20. The van der Waals surface area contributed by atoms with Crippen LogP contribution in [0.25, 0.3) is 0 Å². The molecule has 0 fully saturated rings. The molecule has 5 aromatic rings. The third kappa shape index (κ3) is 5.20. The number of hydrogen-bond donors (Lipinski definition) is 0. The molecule has 5 aromatic carbocycles. The quantitative estimate of drug-likeness (QED) is 0.165. The van der Waals surface area contributed by atoms with Gasteiger partial charge in [0.15, 0.2) is 0 Å². The van der Waals surface area contributed by atoms with Crippen molar-refractivity contribution in [2.75, 3.05) is 9.80 Å². The van der Waals surface area contributed by atoms with Gasteiger partial charge >= 0.3 is 0 Å². The number of anilines is 6. The first-order valence-corrected chi connectivity index (χ1v) is 20.6. The summed E-state index contributed by atoms with van der Waals surface area (Å²) in [5.41, 5.74) is 21.3. The van der Waals surface area contributed by atoms with E-state index < -0.39 is 0 Å². The van der Waals surface area contributed by atoms with E-state index in [1.165, 1.54) is 110 Å². The molecular weight excluding hydrogens is 651 g/mol. The molecule has 54 heavy (non-hydrogen) atoms. The summed E-state index contributed by atoms with van der Waals surface area (Å²) in [5, 5.41) is 0. The van der Waals surface area contributed by atoms with Crippen LogP contribution in [0.4, 0.5) is 34.1 Å². The second-order valence-electron chi connectivity index (χ2n) is 20.9. The number of hydrogen-bond acceptors (Lipinski definition) is 2. The summed E-state index contributed by atoms with van der Waals surface area (Å²) < 4.78 is 0. The predicted molar refractivity (Wildman–Crippen MR) is 234 cm³/mol. The van der Waals surface area contributed by atoms with Gasteiger partial charge in [-0.05, 0) is 152 Å². The fraction of sp³-hybridized carbons (Fsp3) is 0.412. The van der Waals surface area contributed by atoms with Gasteiger partial charge in [-0.1, -0.05) is 124 Å². The molecule has 276 valence electrons. The molecule has 0 radical (unpaired) electrons. The number of rotatable bonds is 2. The molecule has 0 saturated heterocycles. The average Bonchev–Trinajstić information content (AvgIpc) is 3.11. The maximum Gasteiger partial charge on any atom is 0.252 e. The van der Waals surface area contributed by atoms with Crippen LogP contribution in [-0.4, -0.2) is 6.71 Å². The lowest BCUT2D eigenvalue weighted by Crippen LogP contribution is -2.61. The van der Waals surface area contributed by atoms with Crippen molar-refractivity contribution in [2.24, 2.45) is 0 Å². The zero-order valence-electron chi connectivity index (χ0n) is 35.0. The molecule has 0 amide bonds. The molecular formula is C51H59BN2. The largest absolute Gasteiger partial charge is 0.311 e. The molecule has 0 unspecified atom stereocenters. The Morgan fingerprint density at radius 1 is 0.481 bits per heavy atom. The van der Waals surface area contributed by atoms with E-state index in [1.807, 2.05) is 0 Å². The minimum absolute atomic E-state index is 0.0941. The van der Waals surface area contributed by atoms with Crippen molar-refractivity contribution in [2.45, 2.75) is 136 Å². The van der Waals surface area contributed by atoms with Gasteiger partial charge in [0, 0.05) is 34.1 Å². The third-order valence-electron chi connectivity index (χ3n) is 14.2. The van der Waals surface area contributed by atoms with Crippen molar-refractivity contribution in [1.82, 2.24) is 0 Å². The summed E-state index contributed by atoms with van der Waals surface area (Å²) in [6, 6.07) is 36.3. The average molecular weight is 711 g/mol. The Balaban J connectivity index is 1.36. The Morgan fingerprint density at radius 3 is 1.57 bits per heavy atom. The summed E-state index contributed by atoms with van der Waals surface area (Å²) >= 11 is 0. The Kier molecular flexibility index (Phi) is 7.49. The molecule has 3 heteroatoms. The fourth-order valence-electron chi connectivity index (χ4n) is 10.5. The van der Waals surface area contributed by atoms with E-state index in [9.17, 15) is 0 Å². The van der Waals surface area contributed by atoms with Crippen LogP contribution >= 0.6 is 0 Å². The summed E-state index contributed by atoms with van der Waals surface area (Å²) in [6.07, 6.45) is 4.82.